The lowest BCUT2D eigenvalue weighted by molar-refractivity contribution is 0.683. The van der Waals surface area contributed by atoms with E-state index in [0.29, 0.717) is 6.54 Å². The molecule has 0 spiro atoms. The van der Waals surface area contributed by atoms with Gasteiger partial charge in [-0.1, -0.05) is 5.21 Å². The van der Waals surface area contributed by atoms with Gasteiger partial charge in [0.25, 0.3) is 0 Å². The van der Waals surface area contributed by atoms with Gasteiger partial charge in [0, 0.05) is 20.1 Å². The molecule has 1 saturated heterocycles. The summed E-state index contributed by atoms with van der Waals surface area (Å²) in [5.41, 5.74) is 2.06. The Balaban J connectivity index is 1.61. The van der Waals surface area contributed by atoms with Crippen molar-refractivity contribution >= 4 is 11.5 Å². The Morgan fingerprint density at radius 3 is 2.68 bits per heavy atom. The Kier molecular flexibility index (Phi) is 3.31. The van der Waals surface area contributed by atoms with Crippen LogP contribution in [0.1, 0.15) is 18.5 Å². The number of pyridine rings is 1. The van der Waals surface area contributed by atoms with Crippen LogP contribution in [-0.4, -0.2) is 33.1 Å². The monoisotopic (exact) mass is 258 g/mol. The average Bonchev–Trinajstić information content (AvgIpc) is 3.09. The minimum absolute atomic E-state index is 0.703. The van der Waals surface area contributed by atoms with E-state index in [1.807, 2.05) is 13.2 Å². The number of rotatable bonds is 4. The van der Waals surface area contributed by atoms with E-state index < -0.39 is 0 Å². The Morgan fingerprint density at radius 2 is 2.05 bits per heavy atom. The van der Waals surface area contributed by atoms with E-state index in [1.165, 1.54) is 12.8 Å². The predicted octanol–water partition coefficient (Wildman–Crippen LogP) is 1.42. The second-order valence-electron chi connectivity index (χ2n) is 4.80. The lowest BCUT2D eigenvalue weighted by Crippen LogP contribution is -2.18. The molecule has 0 radical (unpaired) electrons. The second-order valence-corrected chi connectivity index (χ2v) is 4.80. The first-order chi connectivity index (χ1) is 9.33. The molecule has 1 aliphatic heterocycles. The van der Waals surface area contributed by atoms with Crippen LogP contribution < -0.4 is 10.2 Å². The van der Waals surface area contributed by atoms with Crippen molar-refractivity contribution in [1.29, 1.82) is 0 Å². The summed E-state index contributed by atoms with van der Waals surface area (Å²) in [5.74, 6) is 1.07. The van der Waals surface area contributed by atoms with Crippen molar-refractivity contribution in [2.75, 3.05) is 23.3 Å². The fraction of sp³-hybridized carbons (Fsp3) is 0.462. The molecule has 19 heavy (non-hydrogen) atoms. The van der Waals surface area contributed by atoms with Gasteiger partial charge in [-0.2, -0.15) is 0 Å². The lowest BCUT2D eigenvalue weighted by atomic mass is 10.3. The van der Waals surface area contributed by atoms with Crippen LogP contribution in [0.15, 0.2) is 24.5 Å². The van der Waals surface area contributed by atoms with Gasteiger partial charge in [-0.05, 0) is 25.0 Å². The highest BCUT2D eigenvalue weighted by molar-refractivity contribution is 5.49. The van der Waals surface area contributed by atoms with E-state index >= 15 is 0 Å². The molecule has 3 heterocycles. The van der Waals surface area contributed by atoms with Crippen molar-refractivity contribution in [1.82, 2.24) is 20.0 Å². The summed E-state index contributed by atoms with van der Waals surface area (Å²) >= 11 is 0. The van der Waals surface area contributed by atoms with E-state index in [1.54, 1.807) is 10.9 Å². The van der Waals surface area contributed by atoms with Gasteiger partial charge < -0.3 is 10.2 Å². The highest BCUT2D eigenvalue weighted by Crippen LogP contribution is 2.19. The van der Waals surface area contributed by atoms with Gasteiger partial charge in [0.1, 0.15) is 5.82 Å². The lowest BCUT2D eigenvalue weighted by Gasteiger charge is -2.16. The molecule has 0 amide bonds. The molecule has 2 aromatic rings. The molecule has 0 aliphatic carbocycles. The fourth-order valence-corrected chi connectivity index (χ4v) is 2.29. The van der Waals surface area contributed by atoms with Crippen molar-refractivity contribution in [2.45, 2.75) is 19.4 Å². The molecule has 0 aromatic carbocycles. The highest BCUT2D eigenvalue weighted by atomic mass is 15.4. The normalized spacial score (nSPS) is 14.9. The van der Waals surface area contributed by atoms with Gasteiger partial charge in [0.2, 0.25) is 0 Å². The zero-order chi connectivity index (χ0) is 13.1. The Morgan fingerprint density at radius 1 is 1.21 bits per heavy atom. The first-order valence-electron chi connectivity index (χ1n) is 6.61. The maximum absolute atomic E-state index is 4.51. The van der Waals surface area contributed by atoms with Crippen molar-refractivity contribution in [3.8, 4) is 0 Å². The minimum atomic E-state index is 0.703. The standard InChI is InChI=1S/C13H18N6/c1-18-12(10-16-17-18)9-14-11-4-5-13(15-8-11)19-6-2-3-7-19/h4-5,8,10,14H,2-3,6-7,9H2,1H3. The third-order valence-corrected chi connectivity index (χ3v) is 3.46. The van der Waals surface area contributed by atoms with Crippen LogP contribution in [0.5, 0.6) is 0 Å². The van der Waals surface area contributed by atoms with Crippen LogP contribution in [0.2, 0.25) is 0 Å². The van der Waals surface area contributed by atoms with Crippen LogP contribution in [-0.2, 0) is 13.6 Å². The fourth-order valence-electron chi connectivity index (χ4n) is 2.29. The molecule has 1 N–H and O–H groups in total. The molecular formula is C13H18N6. The van der Waals surface area contributed by atoms with E-state index in [0.717, 1.165) is 30.3 Å². The summed E-state index contributed by atoms with van der Waals surface area (Å²) in [6.07, 6.45) is 6.20. The van der Waals surface area contributed by atoms with E-state index in [2.05, 4.69) is 37.6 Å². The quantitative estimate of drug-likeness (QED) is 0.899. The van der Waals surface area contributed by atoms with E-state index in [4.69, 9.17) is 0 Å². The summed E-state index contributed by atoms with van der Waals surface area (Å²) in [5, 5.41) is 11.1. The predicted molar refractivity (Wildman–Crippen MR) is 74.0 cm³/mol. The van der Waals surface area contributed by atoms with Crippen LogP contribution >= 0.6 is 0 Å². The van der Waals surface area contributed by atoms with Gasteiger partial charge in [-0.25, -0.2) is 4.98 Å². The molecule has 2 aromatic heterocycles. The zero-order valence-electron chi connectivity index (χ0n) is 11.1. The Bertz CT molecular complexity index is 526. The number of hydrogen-bond donors (Lipinski definition) is 1. The number of anilines is 2. The molecule has 0 unspecified atom stereocenters. The number of nitrogens with one attached hydrogen (secondary N) is 1. The molecule has 0 saturated carbocycles. The molecular weight excluding hydrogens is 240 g/mol. The SMILES string of the molecule is Cn1nncc1CNc1ccc(N2CCCC2)nc1. The van der Waals surface area contributed by atoms with Crippen molar-refractivity contribution in [2.24, 2.45) is 7.05 Å². The minimum Gasteiger partial charge on any atom is -0.378 e. The molecule has 6 heteroatoms. The number of hydrogen-bond acceptors (Lipinski definition) is 5. The third kappa shape index (κ3) is 2.67. The molecule has 0 atom stereocenters. The van der Waals surface area contributed by atoms with Crippen LogP contribution in [0.4, 0.5) is 11.5 Å². The summed E-state index contributed by atoms with van der Waals surface area (Å²) in [4.78, 5) is 6.84. The maximum Gasteiger partial charge on any atom is 0.128 e. The average molecular weight is 258 g/mol. The summed E-state index contributed by atoms with van der Waals surface area (Å²) in [7, 11) is 1.89. The molecule has 0 bridgehead atoms. The summed E-state index contributed by atoms with van der Waals surface area (Å²) < 4.78 is 1.76. The molecule has 100 valence electrons. The van der Waals surface area contributed by atoms with Crippen molar-refractivity contribution < 1.29 is 0 Å². The highest BCUT2D eigenvalue weighted by Gasteiger charge is 2.12. The van der Waals surface area contributed by atoms with Gasteiger partial charge >= 0.3 is 0 Å². The maximum atomic E-state index is 4.51. The van der Waals surface area contributed by atoms with Gasteiger partial charge in [-0.15, -0.1) is 5.10 Å². The Labute approximate surface area is 112 Å². The summed E-state index contributed by atoms with van der Waals surface area (Å²) in [6.45, 7) is 2.95. The smallest absolute Gasteiger partial charge is 0.128 e. The van der Waals surface area contributed by atoms with Crippen molar-refractivity contribution in [3.05, 3.63) is 30.2 Å². The van der Waals surface area contributed by atoms with Gasteiger partial charge in [-0.3, -0.25) is 4.68 Å². The van der Waals surface area contributed by atoms with E-state index in [-0.39, 0.29) is 0 Å². The second kappa shape index (κ2) is 5.26. The molecule has 3 rings (SSSR count). The third-order valence-electron chi connectivity index (χ3n) is 3.46. The van der Waals surface area contributed by atoms with Crippen LogP contribution in [0.3, 0.4) is 0 Å². The van der Waals surface area contributed by atoms with Crippen molar-refractivity contribution in [3.63, 3.8) is 0 Å². The van der Waals surface area contributed by atoms with Crippen LogP contribution in [0, 0.1) is 0 Å². The van der Waals surface area contributed by atoms with E-state index in [9.17, 15) is 0 Å². The van der Waals surface area contributed by atoms with Gasteiger partial charge in [0.15, 0.2) is 0 Å². The topological polar surface area (TPSA) is 58.9 Å². The molecule has 1 fully saturated rings. The summed E-state index contributed by atoms with van der Waals surface area (Å²) in [6, 6.07) is 4.15. The Hall–Kier alpha value is -2.11. The zero-order valence-corrected chi connectivity index (χ0v) is 11.1. The largest absolute Gasteiger partial charge is 0.378 e. The first kappa shape index (κ1) is 12.0. The number of nitrogens with zero attached hydrogens (tertiary/aromatic N) is 5. The first-order valence-corrected chi connectivity index (χ1v) is 6.61. The number of aryl methyl sites for hydroxylation is 1. The molecule has 1 aliphatic rings. The van der Waals surface area contributed by atoms with Gasteiger partial charge in [0.05, 0.1) is 30.3 Å². The van der Waals surface area contributed by atoms with Crippen LogP contribution in [0.25, 0.3) is 0 Å². The number of aromatic nitrogens is 4. The molecule has 6 nitrogen and oxygen atoms in total.